The van der Waals surface area contributed by atoms with Gasteiger partial charge in [0, 0.05) is 17.9 Å². The van der Waals surface area contributed by atoms with Gasteiger partial charge in [0.25, 0.3) is 0 Å². The van der Waals surface area contributed by atoms with Crippen molar-refractivity contribution in [2.45, 2.75) is 45.6 Å². The lowest BCUT2D eigenvalue weighted by Crippen LogP contribution is -2.19. The van der Waals surface area contributed by atoms with Gasteiger partial charge in [-0.05, 0) is 49.5 Å². The van der Waals surface area contributed by atoms with Crippen LogP contribution in [-0.4, -0.2) is 18.1 Å². The van der Waals surface area contributed by atoms with E-state index in [1.807, 2.05) is 6.08 Å². The van der Waals surface area contributed by atoms with Gasteiger partial charge in [-0.2, -0.15) is 0 Å². The molecule has 0 aliphatic rings. The summed E-state index contributed by atoms with van der Waals surface area (Å²) in [7, 11) is 0. The van der Waals surface area contributed by atoms with Crippen LogP contribution in [0, 0.1) is 5.82 Å². The third kappa shape index (κ3) is 8.93. The second-order valence-electron chi connectivity index (χ2n) is 7.13. The lowest BCUT2D eigenvalue weighted by Gasteiger charge is -2.12. The highest BCUT2D eigenvalue weighted by Gasteiger charge is 2.02. The largest absolute Gasteiger partial charge is 0.399 e. The molecule has 6 heteroatoms. The molecular formula is C24H32FN3OS. The van der Waals surface area contributed by atoms with E-state index < -0.39 is 0 Å². The molecule has 1 heterocycles. The fourth-order valence-electron chi connectivity index (χ4n) is 2.92. The zero-order valence-electron chi connectivity index (χ0n) is 17.8. The normalized spacial score (nSPS) is 12.3. The Morgan fingerprint density at radius 2 is 2.03 bits per heavy atom. The van der Waals surface area contributed by atoms with Crippen molar-refractivity contribution in [2.24, 2.45) is 5.73 Å². The number of benzene rings is 1. The van der Waals surface area contributed by atoms with Crippen molar-refractivity contribution in [2.75, 3.05) is 13.2 Å². The highest BCUT2D eigenvalue weighted by molar-refractivity contribution is 7.09. The highest BCUT2D eigenvalue weighted by Crippen LogP contribution is 2.07. The predicted molar refractivity (Wildman–Crippen MR) is 125 cm³/mol. The number of nitrogens with one attached hydrogen (secondary N) is 1. The molecule has 4 nitrogen and oxygen atoms in total. The average molecular weight is 430 g/mol. The second kappa shape index (κ2) is 13.0. The van der Waals surface area contributed by atoms with Crippen molar-refractivity contribution in [3.8, 4) is 0 Å². The number of rotatable bonds is 13. The topological polar surface area (TPSA) is 60.2 Å². The Morgan fingerprint density at radius 3 is 2.73 bits per heavy atom. The number of aromatic nitrogens is 1. The Labute approximate surface area is 182 Å². The van der Waals surface area contributed by atoms with Gasteiger partial charge in [0.05, 0.1) is 28.1 Å². The maximum Gasteiger partial charge on any atom is 0.123 e. The van der Waals surface area contributed by atoms with Crippen LogP contribution in [-0.2, 0) is 17.8 Å². The molecule has 30 heavy (non-hydrogen) atoms. The first-order valence-electron chi connectivity index (χ1n) is 10.3. The molecule has 0 bridgehead atoms. The van der Waals surface area contributed by atoms with Gasteiger partial charge in [0.2, 0.25) is 0 Å². The minimum absolute atomic E-state index is 0.228. The smallest absolute Gasteiger partial charge is 0.123 e. The van der Waals surface area contributed by atoms with Crippen molar-refractivity contribution in [1.82, 2.24) is 10.3 Å². The molecule has 0 fully saturated rings. The number of nitrogens with two attached hydrogens (primary N) is 1. The van der Waals surface area contributed by atoms with E-state index in [4.69, 9.17) is 10.5 Å². The number of hydrogen-bond donors (Lipinski definition) is 2. The summed E-state index contributed by atoms with van der Waals surface area (Å²) in [6, 6.07) is 6.41. The number of ether oxygens (including phenoxy) is 1. The van der Waals surface area contributed by atoms with Gasteiger partial charge in [-0.25, -0.2) is 9.37 Å². The number of unbranched alkanes of at least 4 members (excludes halogenated alkanes) is 2. The fourth-order valence-corrected chi connectivity index (χ4v) is 3.95. The first kappa shape index (κ1) is 23.8. The number of halogens is 1. The predicted octanol–water partition coefficient (Wildman–Crippen LogP) is 3.76. The third-order valence-corrected chi connectivity index (χ3v) is 5.50. The van der Waals surface area contributed by atoms with Gasteiger partial charge in [-0.15, -0.1) is 11.3 Å². The number of thiazole rings is 1. The lowest BCUT2D eigenvalue weighted by molar-refractivity contribution is 0.138. The molecule has 1 aromatic carbocycles. The summed E-state index contributed by atoms with van der Waals surface area (Å²) in [4.78, 5) is 4.51. The van der Waals surface area contributed by atoms with Crippen molar-refractivity contribution < 1.29 is 9.13 Å². The monoisotopic (exact) mass is 429 g/mol. The summed E-state index contributed by atoms with van der Waals surface area (Å²) < 4.78 is 19.7. The standard InChI is InChI=1S/C24H32FN3OS/c1-4-8-22(17-29-16-20-10-12-21(25)13-11-20)27-14-7-5-6-9-24-28-19(3)23(30-24)15-18(2)26/h8,10-13,15,27H,2-7,9,14,16-17,26H2,1H3/b22-8-,23-15+. The van der Waals surface area contributed by atoms with Crippen LogP contribution >= 0.6 is 11.3 Å². The number of aryl methyl sites for hydroxylation is 1. The maximum atomic E-state index is 13.0. The molecule has 1 aromatic heterocycles. The van der Waals surface area contributed by atoms with E-state index in [1.54, 1.807) is 23.5 Å². The molecule has 0 unspecified atom stereocenters. The Morgan fingerprint density at radius 1 is 1.27 bits per heavy atom. The molecule has 0 spiro atoms. The molecule has 0 aliphatic heterocycles. The zero-order valence-corrected chi connectivity index (χ0v) is 18.6. The molecule has 0 radical (unpaired) electrons. The van der Waals surface area contributed by atoms with E-state index >= 15 is 0 Å². The van der Waals surface area contributed by atoms with Crippen LogP contribution in [0.25, 0.3) is 12.7 Å². The zero-order chi connectivity index (χ0) is 21.8. The van der Waals surface area contributed by atoms with Crippen molar-refractivity contribution in [3.63, 3.8) is 0 Å². The second-order valence-corrected chi connectivity index (χ2v) is 8.25. The van der Waals surface area contributed by atoms with E-state index in [9.17, 15) is 4.39 Å². The number of nitrogens with zero attached hydrogens (tertiary/aromatic N) is 1. The number of allylic oxidation sites excluding steroid dienone is 2. The summed E-state index contributed by atoms with van der Waals surface area (Å²) in [6.45, 7) is 11.7. The molecule has 0 saturated heterocycles. The first-order chi connectivity index (χ1) is 14.5. The van der Waals surface area contributed by atoms with Gasteiger partial charge in [-0.3, -0.25) is 0 Å². The van der Waals surface area contributed by atoms with Gasteiger partial charge in [-0.1, -0.05) is 44.7 Å². The summed E-state index contributed by atoms with van der Waals surface area (Å²) in [5, 5.41) is 5.35. The summed E-state index contributed by atoms with van der Waals surface area (Å²) in [6.07, 6.45) is 9.18. The Bertz CT molecular complexity index is 934. The molecule has 0 aliphatic carbocycles. The molecule has 162 valence electrons. The van der Waals surface area contributed by atoms with Crippen LogP contribution in [0.5, 0.6) is 0 Å². The molecule has 0 saturated carbocycles. The van der Waals surface area contributed by atoms with Gasteiger partial charge in [0.1, 0.15) is 5.82 Å². The maximum absolute atomic E-state index is 13.0. The molecular weight excluding hydrogens is 397 g/mol. The van der Waals surface area contributed by atoms with Crippen LogP contribution in [0.4, 0.5) is 4.39 Å². The van der Waals surface area contributed by atoms with Crippen molar-refractivity contribution in [1.29, 1.82) is 0 Å². The van der Waals surface area contributed by atoms with Gasteiger partial charge >= 0.3 is 0 Å². The quantitative estimate of drug-likeness (QED) is 0.476. The van der Waals surface area contributed by atoms with E-state index in [0.29, 0.717) is 18.9 Å². The Kier molecular flexibility index (Phi) is 10.3. The van der Waals surface area contributed by atoms with E-state index in [-0.39, 0.29) is 5.82 Å². The highest BCUT2D eigenvalue weighted by atomic mass is 32.1. The Hall–Kier alpha value is -2.44. The number of hydrogen-bond acceptors (Lipinski definition) is 5. The third-order valence-electron chi connectivity index (χ3n) is 4.40. The van der Waals surface area contributed by atoms with E-state index in [2.05, 4.69) is 36.5 Å². The molecule has 0 atom stereocenters. The minimum atomic E-state index is -0.228. The summed E-state index contributed by atoms with van der Waals surface area (Å²) >= 11 is 1.64. The van der Waals surface area contributed by atoms with E-state index in [0.717, 1.165) is 64.8 Å². The van der Waals surface area contributed by atoms with Gasteiger partial charge in [0.15, 0.2) is 0 Å². The lowest BCUT2D eigenvalue weighted by atomic mass is 10.2. The molecule has 2 aromatic rings. The van der Waals surface area contributed by atoms with E-state index in [1.165, 1.54) is 12.1 Å². The van der Waals surface area contributed by atoms with Gasteiger partial charge < -0.3 is 15.8 Å². The van der Waals surface area contributed by atoms with Crippen molar-refractivity contribution >= 4 is 24.0 Å². The van der Waals surface area contributed by atoms with Crippen LogP contribution < -0.4 is 20.9 Å². The summed E-state index contributed by atoms with van der Waals surface area (Å²) in [5.74, 6) is -0.228. The fraction of sp³-hybridized carbons (Fsp3) is 0.375. The Balaban J connectivity index is 1.65. The van der Waals surface area contributed by atoms with Crippen LogP contribution in [0.3, 0.4) is 0 Å². The average Bonchev–Trinajstić information content (AvgIpc) is 3.04. The van der Waals surface area contributed by atoms with Crippen molar-refractivity contribution in [3.05, 3.63) is 74.6 Å². The minimum Gasteiger partial charge on any atom is -0.399 e. The van der Waals surface area contributed by atoms with Crippen LogP contribution in [0.15, 0.2) is 48.3 Å². The van der Waals surface area contributed by atoms with Crippen LogP contribution in [0.1, 0.15) is 43.2 Å². The molecule has 2 rings (SSSR count). The summed E-state index contributed by atoms with van der Waals surface area (Å²) in [5.41, 5.74) is 8.23. The van der Waals surface area contributed by atoms with Crippen LogP contribution in [0.2, 0.25) is 0 Å². The molecule has 0 amide bonds. The molecule has 3 N–H and O–H groups in total. The first-order valence-corrected chi connectivity index (χ1v) is 11.2. The SMILES string of the molecule is C=C(N)/C=c1/sc(CCCCCN/C(=C\CC)COCc2ccc(F)cc2)nc1=C.